The molecule has 0 radical (unpaired) electrons. The van der Waals surface area contributed by atoms with Crippen LogP contribution in [0.25, 0.3) is 0 Å². The summed E-state index contributed by atoms with van der Waals surface area (Å²) in [4.78, 5) is 0. The van der Waals surface area contributed by atoms with Gasteiger partial charge in [-0.15, -0.1) is 6.58 Å². The summed E-state index contributed by atoms with van der Waals surface area (Å²) < 4.78 is 0.917. The molecule has 1 atom stereocenters. The topological polar surface area (TPSA) is 20.2 Å². The van der Waals surface area contributed by atoms with Crippen LogP contribution in [0.2, 0.25) is 0 Å². The molecule has 0 aliphatic heterocycles. The van der Waals surface area contributed by atoms with Crippen molar-refractivity contribution in [2.45, 2.75) is 13.0 Å². The molecule has 0 spiro atoms. The summed E-state index contributed by atoms with van der Waals surface area (Å²) in [5.74, 6) is 0. The van der Waals surface area contributed by atoms with E-state index in [0.717, 1.165) is 15.6 Å². The zero-order valence-electron chi connectivity index (χ0n) is 6.92. The Labute approximate surface area is 80.9 Å². The van der Waals surface area contributed by atoms with Gasteiger partial charge in [0.25, 0.3) is 0 Å². The van der Waals surface area contributed by atoms with Crippen LogP contribution in [0.3, 0.4) is 0 Å². The minimum absolute atomic E-state index is 0.584. The Morgan fingerprint density at radius 2 is 2.25 bits per heavy atom. The third kappa shape index (κ3) is 1.96. The van der Waals surface area contributed by atoms with Crippen LogP contribution in [0.5, 0.6) is 0 Å². The number of hydrogen-bond donors (Lipinski definition) is 1. The van der Waals surface area contributed by atoms with Gasteiger partial charge in [-0.1, -0.05) is 39.7 Å². The van der Waals surface area contributed by atoms with Crippen LogP contribution >= 0.6 is 15.9 Å². The fourth-order valence-corrected chi connectivity index (χ4v) is 1.50. The molecule has 1 N–H and O–H groups in total. The highest BCUT2D eigenvalue weighted by molar-refractivity contribution is 9.10. The van der Waals surface area contributed by atoms with Crippen molar-refractivity contribution in [1.82, 2.24) is 0 Å². The van der Waals surface area contributed by atoms with E-state index in [-0.39, 0.29) is 0 Å². The first-order valence-corrected chi connectivity index (χ1v) is 4.51. The smallest absolute Gasteiger partial charge is 0.0980 e. The molecule has 1 rings (SSSR count). The number of aryl methyl sites for hydroxylation is 1. The fourth-order valence-electron chi connectivity index (χ4n) is 1.02. The molecule has 0 fully saturated rings. The van der Waals surface area contributed by atoms with Gasteiger partial charge in [0.1, 0.15) is 0 Å². The predicted octanol–water partition coefficient (Wildman–Crippen LogP) is 2.98. The summed E-state index contributed by atoms with van der Waals surface area (Å²) in [6.45, 7) is 5.53. The number of halogens is 1. The third-order valence-electron chi connectivity index (χ3n) is 1.69. The van der Waals surface area contributed by atoms with Crippen molar-refractivity contribution in [3.63, 3.8) is 0 Å². The van der Waals surface area contributed by atoms with Gasteiger partial charge in [-0.3, -0.25) is 0 Å². The van der Waals surface area contributed by atoms with Gasteiger partial charge >= 0.3 is 0 Å². The largest absolute Gasteiger partial charge is 0.384 e. The maximum atomic E-state index is 9.49. The normalized spacial score (nSPS) is 12.6. The number of rotatable bonds is 2. The third-order valence-corrected chi connectivity index (χ3v) is 2.42. The Bertz CT molecular complexity index is 294. The first kappa shape index (κ1) is 9.49. The summed E-state index contributed by atoms with van der Waals surface area (Å²) in [5.41, 5.74) is 2.00. The van der Waals surface area contributed by atoms with Gasteiger partial charge in [0.05, 0.1) is 6.10 Å². The minimum Gasteiger partial charge on any atom is -0.384 e. The Hall–Kier alpha value is -0.600. The van der Waals surface area contributed by atoms with Crippen molar-refractivity contribution < 1.29 is 5.11 Å². The molecule has 1 unspecified atom stereocenters. The molecule has 0 aliphatic carbocycles. The van der Waals surface area contributed by atoms with Gasteiger partial charge in [-0.2, -0.15) is 0 Å². The lowest BCUT2D eigenvalue weighted by Crippen LogP contribution is -1.94. The minimum atomic E-state index is -0.584. The first-order valence-electron chi connectivity index (χ1n) is 3.72. The van der Waals surface area contributed by atoms with E-state index in [4.69, 9.17) is 0 Å². The zero-order valence-corrected chi connectivity index (χ0v) is 8.51. The molecule has 0 saturated carbocycles. The molecule has 0 amide bonds. The van der Waals surface area contributed by atoms with Crippen molar-refractivity contribution in [1.29, 1.82) is 0 Å². The van der Waals surface area contributed by atoms with Crippen LogP contribution in [-0.2, 0) is 0 Å². The van der Waals surface area contributed by atoms with E-state index in [1.54, 1.807) is 0 Å². The molecule has 64 valence electrons. The van der Waals surface area contributed by atoms with Gasteiger partial charge in [0.15, 0.2) is 0 Å². The highest BCUT2D eigenvalue weighted by Gasteiger charge is 2.06. The highest BCUT2D eigenvalue weighted by Crippen LogP contribution is 2.24. The monoisotopic (exact) mass is 226 g/mol. The summed E-state index contributed by atoms with van der Waals surface area (Å²) >= 11 is 3.36. The molecule has 0 heterocycles. The van der Waals surface area contributed by atoms with E-state index in [0.29, 0.717) is 0 Å². The molecule has 1 aromatic carbocycles. The van der Waals surface area contributed by atoms with Crippen LogP contribution in [0.1, 0.15) is 17.2 Å². The lowest BCUT2D eigenvalue weighted by molar-refractivity contribution is 0.228. The molecule has 1 nitrogen and oxygen atoms in total. The second kappa shape index (κ2) is 3.87. The first-order chi connectivity index (χ1) is 5.65. The average Bonchev–Trinajstić information content (AvgIpc) is 2.08. The van der Waals surface area contributed by atoms with Gasteiger partial charge in [0, 0.05) is 4.47 Å². The molecular weight excluding hydrogens is 216 g/mol. The summed E-state index contributed by atoms with van der Waals surface area (Å²) in [7, 11) is 0. The van der Waals surface area contributed by atoms with Crippen molar-refractivity contribution in [2.24, 2.45) is 0 Å². The molecule has 12 heavy (non-hydrogen) atoms. The number of benzene rings is 1. The number of aliphatic hydroxyl groups is 1. The fraction of sp³-hybridized carbons (Fsp3) is 0.200. The maximum absolute atomic E-state index is 9.49. The predicted molar refractivity (Wildman–Crippen MR) is 54.0 cm³/mol. The Kier molecular flexibility index (Phi) is 3.06. The second-order valence-electron chi connectivity index (χ2n) is 2.71. The Morgan fingerprint density at radius 1 is 1.58 bits per heavy atom. The van der Waals surface area contributed by atoms with Gasteiger partial charge < -0.3 is 5.11 Å². The van der Waals surface area contributed by atoms with Crippen molar-refractivity contribution in [3.05, 3.63) is 46.5 Å². The van der Waals surface area contributed by atoms with Crippen LogP contribution in [-0.4, -0.2) is 5.11 Å². The molecule has 0 bridgehead atoms. The van der Waals surface area contributed by atoms with E-state index in [1.165, 1.54) is 6.08 Å². The zero-order chi connectivity index (χ0) is 9.14. The van der Waals surface area contributed by atoms with Gasteiger partial charge in [-0.25, -0.2) is 0 Å². The average molecular weight is 227 g/mol. The van der Waals surface area contributed by atoms with Gasteiger partial charge in [0.2, 0.25) is 0 Å². The Morgan fingerprint density at radius 3 is 2.83 bits per heavy atom. The van der Waals surface area contributed by atoms with E-state index in [1.807, 2.05) is 25.1 Å². The maximum Gasteiger partial charge on any atom is 0.0980 e. The highest BCUT2D eigenvalue weighted by atomic mass is 79.9. The van der Waals surface area contributed by atoms with Crippen LogP contribution in [0.4, 0.5) is 0 Å². The summed E-state index contributed by atoms with van der Waals surface area (Å²) in [6.07, 6.45) is 0.929. The molecule has 2 heteroatoms. The quantitative estimate of drug-likeness (QED) is 0.770. The van der Waals surface area contributed by atoms with E-state index in [9.17, 15) is 5.11 Å². The Balaban J connectivity index is 3.12. The number of hydrogen-bond acceptors (Lipinski definition) is 1. The molecule has 1 aromatic rings. The number of aliphatic hydroxyl groups excluding tert-OH is 1. The summed E-state index contributed by atoms with van der Waals surface area (Å²) in [5, 5.41) is 9.49. The molecule has 0 aliphatic rings. The van der Waals surface area contributed by atoms with Crippen LogP contribution < -0.4 is 0 Å². The van der Waals surface area contributed by atoms with Crippen molar-refractivity contribution in [2.75, 3.05) is 0 Å². The summed E-state index contributed by atoms with van der Waals surface area (Å²) in [6, 6.07) is 5.86. The van der Waals surface area contributed by atoms with E-state index < -0.39 is 6.10 Å². The lowest BCUT2D eigenvalue weighted by Gasteiger charge is -2.08. The van der Waals surface area contributed by atoms with Crippen LogP contribution in [0, 0.1) is 6.92 Å². The molecular formula is C10H11BrO. The molecule has 0 aromatic heterocycles. The SMILES string of the molecule is C=CC(O)c1cc(C)ccc1Br. The van der Waals surface area contributed by atoms with Crippen molar-refractivity contribution in [3.8, 4) is 0 Å². The standard InChI is InChI=1S/C10H11BrO/c1-3-10(12)8-6-7(2)4-5-9(8)11/h3-6,10,12H,1H2,2H3. The van der Waals surface area contributed by atoms with Crippen molar-refractivity contribution >= 4 is 15.9 Å². The second-order valence-corrected chi connectivity index (χ2v) is 3.56. The van der Waals surface area contributed by atoms with E-state index >= 15 is 0 Å². The van der Waals surface area contributed by atoms with E-state index in [2.05, 4.69) is 22.5 Å². The van der Waals surface area contributed by atoms with Crippen LogP contribution in [0.15, 0.2) is 35.3 Å². The molecule has 0 saturated heterocycles. The van der Waals surface area contributed by atoms with Gasteiger partial charge in [-0.05, 0) is 18.6 Å². The lowest BCUT2D eigenvalue weighted by atomic mass is 10.1.